The molecule has 1 N–H and O–H groups in total. The van der Waals surface area contributed by atoms with E-state index in [1.54, 1.807) is 6.92 Å². The third-order valence-corrected chi connectivity index (χ3v) is 2.29. The molecule has 1 amide bonds. The molecule has 0 aromatic carbocycles. The topological polar surface area (TPSA) is 46.2 Å². The zero-order chi connectivity index (χ0) is 7.56. The van der Waals surface area contributed by atoms with Crippen LogP contribution in [0.25, 0.3) is 0 Å². The summed E-state index contributed by atoms with van der Waals surface area (Å²) in [5.74, 6) is 0.726. The van der Waals surface area contributed by atoms with Gasteiger partial charge in [0, 0.05) is 12.2 Å². The van der Waals surface area contributed by atoms with Crippen molar-refractivity contribution in [2.24, 2.45) is 0 Å². The first-order valence-electron chi connectivity index (χ1n) is 3.20. The Morgan fingerprint density at radius 1 is 1.90 bits per heavy atom. The highest BCUT2D eigenvalue weighted by atomic mass is 32.2. The van der Waals surface area contributed by atoms with Crippen LogP contribution in [-0.2, 0) is 4.79 Å². The van der Waals surface area contributed by atoms with Crippen LogP contribution in [0.1, 0.15) is 13.3 Å². The molecule has 0 aromatic heterocycles. The minimum absolute atomic E-state index is 0.0770. The minimum atomic E-state index is -0.220. The summed E-state index contributed by atoms with van der Waals surface area (Å²) in [5.41, 5.74) is 0. The van der Waals surface area contributed by atoms with Crippen molar-refractivity contribution >= 4 is 22.8 Å². The molecule has 1 fully saturated rings. The Bertz CT molecular complexity index is 169. The molecule has 10 heavy (non-hydrogen) atoms. The fraction of sp³-hybridized carbons (Fsp3) is 0.667. The number of hydrogen-bond donors (Lipinski definition) is 1. The number of Topliss-reactive ketones (excluding diaryl/α,β-unsaturated/α-hetero) is 1. The summed E-state index contributed by atoms with van der Waals surface area (Å²) < 4.78 is 0. The van der Waals surface area contributed by atoms with Crippen molar-refractivity contribution in [1.29, 1.82) is 0 Å². The largest absolute Gasteiger partial charge is 0.336 e. The smallest absolute Gasteiger partial charge is 0.279 e. The summed E-state index contributed by atoms with van der Waals surface area (Å²) >= 11 is 1.18. The van der Waals surface area contributed by atoms with E-state index in [0.29, 0.717) is 12.2 Å². The molecule has 1 heterocycles. The van der Waals surface area contributed by atoms with Gasteiger partial charge in [-0.25, -0.2) is 0 Å². The summed E-state index contributed by atoms with van der Waals surface area (Å²) in [6.07, 6.45) is 0.505. The van der Waals surface area contributed by atoms with E-state index in [2.05, 4.69) is 5.32 Å². The lowest BCUT2D eigenvalue weighted by molar-refractivity contribution is -0.119. The second-order valence-corrected chi connectivity index (χ2v) is 3.11. The van der Waals surface area contributed by atoms with Crippen LogP contribution < -0.4 is 5.32 Å². The van der Waals surface area contributed by atoms with Gasteiger partial charge in [-0.15, -0.1) is 0 Å². The van der Waals surface area contributed by atoms with Gasteiger partial charge in [0.1, 0.15) is 0 Å². The van der Waals surface area contributed by atoms with Crippen molar-refractivity contribution in [3.05, 3.63) is 0 Å². The highest BCUT2D eigenvalue weighted by Gasteiger charge is 2.26. The highest BCUT2D eigenvalue weighted by Crippen LogP contribution is 2.13. The quantitative estimate of drug-likeness (QED) is 0.648. The summed E-state index contributed by atoms with van der Waals surface area (Å²) in [4.78, 5) is 21.5. The molecule has 3 nitrogen and oxygen atoms in total. The van der Waals surface area contributed by atoms with E-state index in [9.17, 15) is 9.59 Å². The van der Waals surface area contributed by atoms with Crippen LogP contribution in [0.5, 0.6) is 0 Å². The third kappa shape index (κ3) is 1.50. The van der Waals surface area contributed by atoms with Crippen LogP contribution >= 0.6 is 11.8 Å². The van der Waals surface area contributed by atoms with E-state index in [1.165, 1.54) is 11.8 Å². The molecule has 0 bridgehead atoms. The fourth-order valence-electron chi connectivity index (χ4n) is 0.804. The standard InChI is InChI=1S/C6H9NO2S/c1-2-5(8)4-3-10-6(9)7-4/h4H,2-3H2,1H3,(H,7,9)/t4-/m0/s1. The summed E-state index contributed by atoms with van der Waals surface area (Å²) in [5, 5.41) is 2.50. The van der Waals surface area contributed by atoms with Crippen LogP contribution in [0.15, 0.2) is 0 Å². The van der Waals surface area contributed by atoms with E-state index >= 15 is 0 Å². The van der Waals surface area contributed by atoms with Gasteiger partial charge in [0.2, 0.25) is 0 Å². The van der Waals surface area contributed by atoms with E-state index in [4.69, 9.17) is 0 Å². The lowest BCUT2D eigenvalue weighted by Crippen LogP contribution is -2.33. The number of ketones is 1. The molecule has 0 saturated carbocycles. The predicted molar refractivity (Wildman–Crippen MR) is 40.1 cm³/mol. The van der Waals surface area contributed by atoms with Gasteiger partial charge in [-0.2, -0.15) is 0 Å². The first-order chi connectivity index (χ1) is 4.74. The van der Waals surface area contributed by atoms with Gasteiger partial charge in [-0.1, -0.05) is 18.7 Å². The molecule has 1 atom stereocenters. The number of nitrogens with one attached hydrogen (secondary N) is 1. The Morgan fingerprint density at radius 3 is 3.00 bits per heavy atom. The van der Waals surface area contributed by atoms with Gasteiger partial charge in [-0.3, -0.25) is 9.59 Å². The van der Waals surface area contributed by atoms with Gasteiger partial charge < -0.3 is 5.32 Å². The van der Waals surface area contributed by atoms with E-state index in [1.807, 2.05) is 0 Å². The van der Waals surface area contributed by atoms with Gasteiger partial charge >= 0.3 is 0 Å². The molecule has 0 aliphatic carbocycles. The van der Waals surface area contributed by atoms with Crippen molar-refractivity contribution in [2.75, 3.05) is 5.75 Å². The van der Waals surface area contributed by atoms with Crippen LogP contribution in [0.4, 0.5) is 4.79 Å². The third-order valence-electron chi connectivity index (χ3n) is 1.41. The molecule has 56 valence electrons. The molecule has 0 unspecified atom stereocenters. The second-order valence-electron chi connectivity index (χ2n) is 2.12. The first kappa shape index (κ1) is 7.60. The monoisotopic (exact) mass is 159 g/mol. The Kier molecular flexibility index (Phi) is 2.32. The van der Waals surface area contributed by atoms with Crippen molar-refractivity contribution in [2.45, 2.75) is 19.4 Å². The molecule has 0 aromatic rings. The molecule has 4 heteroatoms. The van der Waals surface area contributed by atoms with Crippen LogP contribution in [0.2, 0.25) is 0 Å². The summed E-state index contributed by atoms with van der Waals surface area (Å²) in [6, 6.07) is -0.220. The maximum Gasteiger partial charge on any atom is 0.279 e. The normalized spacial score (nSPS) is 24.5. The van der Waals surface area contributed by atoms with Crippen LogP contribution in [-0.4, -0.2) is 22.8 Å². The van der Waals surface area contributed by atoms with Crippen LogP contribution in [0, 0.1) is 0 Å². The number of hydrogen-bond acceptors (Lipinski definition) is 3. The maximum atomic E-state index is 10.9. The second kappa shape index (κ2) is 3.05. The zero-order valence-electron chi connectivity index (χ0n) is 5.72. The number of amides is 1. The first-order valence-corrected chi connectivity index (χ1v) is 4.18. The molecule has 0 spiro atoms. The molecular weight excluding hydrogens is 150 g/mol. The van der Waals surface area contributed by atoms with Crippen molar-refractivity contribution in [3.63, 3.8) is 0 Å². The van der Waals surface area contributed by atoms with Crippen molar-refractivity contribution in [3.8, 4) is 0 Å². The summed E-state index contributed by atoms with van der Waals surface area (Å²) in [7, 11) is 0. The Labute approximate surface area is 63.6 Å². The summed E-state index contributed by atoms with van der Waals surface area (Å²) in [6.45, 7) is 1.80. The highest BCUT2D eigenvalue weighted by molar-refractivity contribution is 8.14. The number of rotatable bonds is 2. The molecule has 0 radical (unpaired) electrons. The molecule has 1 rings (SSSR count). The molecule has 1 aliphatic rings. The Balaban J connectivity index is 2.44. The van der Waals surface area contributed by atoms with E-state index in [0.717, 1.165) is 0 Å². The SMILES string of the molecule is CCC(=O)[C@@H]1CSC(=O)N1. The molecular formula is C6H9NO2S. The minimum Gasteiger partial charge on any atom is -0.336 e. The zero-order valence-corrected chi connectivity index (χ0v) is 6.53. The lowest BCUT2D eigenvalue weighted by atomic mass is 10.2. The Hall–Kier alpha value is -0.510. The average molecular weight is 159 g/mol. The Morgan fingerprint density at radius 2 is 2.60 bits per heavy atom. The van der Waals surface area contributed by atoms with E-state index < -0.39 is 0 Å². The number of carbonyl (C=O) groups excluding carboxylic acids is 2. The van der Waals surface area contributed by atoms with Crippen molar-refractivity contribution < 1.29 is 9.59 Å². The fourth-order valence-corrected chi connectivity index (χ4v) is 1.62. The maximum absolute atomic E-state index is 10.9. The van der Waals surface area contributed by atoms with Gasteiger partial charge in [-0.05, 0) is 0 Å². The molecule has 1 saturated heterocycles. The molecule has 1 aliphatic heterocycles. The average Bonchev–Trinajstić information content (AvgIpc) is 2.34. The number of thioether (sulfide) groups is 1. The van der Waals surface area contributed by atoms with Gasteiger partial charge in [0.05, 0.1) is 6.04 Å². The lowest BCUT2D eigenvalue weighted by Gasteiger charge is -2.03. The van der Waals surface area contributed by atoms with Crippen molar-refractivity contribution in [1.82, 2.24) is 5.32 Å². The van der Waals surface area contributed by atoms with Gasteiger partial charge in [0.15, 0.2) is 5.78 Å². The number of carbonyl (C=O) groups is 2. The predicted octanol–water partition coefficient (Wildman–Crippen LogP) is 0.790. The van der Waals surface area contributed by atoms with Gasteiger partial charge in [0.25, 0.3) is 5.24 Å². The van der Waals surface area contributed by atoms with Crippen LogP contribution in [0.3, 0.4) is 0 Å². The van der Waals surface area contributed by atoms with E-state index in [-0.39, 0.29) is 17.1 Å².